The van der Waals surface area contributed by atoms with Crippen LogP contribution in [0.4, 0.5) is 4.79 Å². The van der Waals surface area contributed by atoms with Gasteiger partial charge in [0.15, 0.2) is 0 Å². The number of hydrogen-bond acceptors (Lipinski definition) is 3. The molecule has 0 bridgehead atoms. The van der Waals surface area contributed by atoms with Gasteiger partial charge in [-0.25, -0.2) is 9.78 Å². The van der Waals surface area contributed by atoms with Crippen molar-refractivity contribution in [3.05, 3.63) is 66.0 Å². The number of para-hydroxylation sites is 2. The van der Waals surface area contributed by atoms with E-state index in [1.165, 1.54) is 5.56 Å². The summed E-state index contributed by atoms with van der Waals surface area (Å²) in [5.74, 6) is 2.69. The number of nitrogens with one attached hydrogen (secondary N) is 2. The first-order valence-corrected chi connectivity index (χ1v) is 9.43. The van der Waals surface area contributed by atoms with E-state index in [1.807, 2.05) is 65.8 Å². The number of carbonyl (C=O) groups is 1. The summed E-state index contributed by atoms with van der Waals surface area (Å²) >= 11 is 1.81. The van der Waals surface area contributed by atoms with E-state index in [0.717, 1.165) is 28.4 Å². The lowest BCUT2D eigenvalue weighted by Crippen LogP contribution is -2.36. The van der Waals surface area contributed by atoms with Crippen LogP contribution < -0.4 is 10.6 Å². The standard InChI is InChI=1S/C19H22N4OS/c1-23-17-10-6-5-9-16(17)22-18(23)13-21-19(24)20-11-12-25-14-15-7-3-2-4-8-15/h2-10H,11-14H2,1H3,(H2,20,21,24). The SMILES string of the molecule is Cn1c(CNC(=O)NCCSCc2ccccc2)nc2ccccc21. The van der Waals surface area contributed by atoms with Gasteiger partial charge in [0.2, 0.25) is 0 Å². The Bertz CT molecular complexity index is 832. The van der Waals surface area contributed by atoms with Crippen molar-refractivity contribution in [1.29, 1.82) is 0 Å². The maximum absolute atomic E-state index is 11.9. The number of carbonyl (C=O) groups excluding carboxylic acids is 1. The molecule has 3 aromatic rings. The minimum absolute atomic E-state index is 0.160. The van der Waals surface area contributed by atoms with Gasteiger partial charge in [-0.2, -0.15) is 11.8 Å². The Labute approximate surface area is 151 Å². The zero-order valence-corrected chi connectivity index (χ0v) is 15.1. The summed E-state index contributed by atoms with van der Waals surface area (Å²) in [4.78, 5) is 16.5. The van der Waals surface area contributed by atoms with E-state index in [9.17, 15) is 4.79 Å². The van der Waals surface area contributed by atoms with Crippen LogP contribution in [0.2, 0.25) is 0 Å². The van der Waals surface area contributed by atoms with Crippen LogP contribution in [0.1, 0.15) is 11.4 Å². The average molecular weight is 354 g/mol. The number of nitrogens with zero attached hydrogens (tertiary/aromatic N) is 2. The Kier molecular flexibility index (Phi) is 5.95. The molecule has 0 saturated heterocycles. The molecular formula is C19H22N4OS. The molecule has 2 N–H and O–H groups in total. The molecule has 3 rings (SSSR count). The number of urea groups is 1. The molecule has 0 aliphatic rings. The van der Waals surface area contributed by atoms with Gasteiger partial charge < -0.3 is 15.2 Å². The topological polar surface area (TPSA) is 59.0 Å². The second kappa shape index (κ2) is 8.58. The monoisotopic (exact) mass is 354 g/mol. The zero-order chi connectivity index (χ0) is 17.5. The first-order valence-electron chi connectivity index (χ1n) is 8.28. The number of aromatic nitrogens is 2. The molecule has 0 spiro atoms. The third kappa shape index (κ3) is 4.76. The molecule has 0 radical (unpaired) electrons. The first-order chi connectivity index (χ1) is 12.2. The highest BCUT2D eigenvalue weighted by atomic mass is 32.2. The van der Waals surface area contributed by atoms with E-state index in [4.69, 9.17) is 0 Å². The fraction of sp³-hybridized carbons (Fsp3) is 0.263. The lowest BCUT2D eigenvalue weighted by atomic mass is 10.2. The quantitative estimate of drug-likeness (QED) is 0.640. The normalized spacial score (nSPS) is 10.8. The molecule has 1 aromatic heterocycles. The van der Waals surface area contributed by atoms with Crippen LogP contribution in [0.15, 0.2) is 54.6 Å². The summed E-state index contributed by atoms with van der Waals surface area (Å²) in [5.41, 5.74) is 3.32. The van der Waals surface area contributed by atoms with Crippen molar-refractivity contribution in [2.24, 2.45) is 7.05 Å². The van der Waals surface area contributed by atoms with Gasteiger partial charge in [0.25, 0.3) is 0 Å². The van der Waals surface area contributed by atoms with Gasteiger partial charge >= 0.3 is 6.03 Å². The van der Waals surface area contributed by atoms with Crippen molar-refractivity contribution < 1.29 is 4.79 Å². The lowest BCUT2D eigenvalue weighted by Gasteiger charge is -2.08. The van der Waals surface area contributed by atoms with E-state index >= 15 is 0 Å². The molecule has 0 unspecified atom stereocenters. The summed E-state index contributed by atoms with van der Waals surface area (Å²) in [5, 5.41) is 5.75. The van der Waals surface area contributed by atoms with E-state index in [0.29, 0.717) is 13.1 Å². The van der Waals surface area contributed by atoms with E-state index in [-0.39, 0.29) is 6.03 Å². The number of benzene rings is 2. The van der Waals surface area contributed by atoms with Gasteiger partial charge in [0, 0.05) is 25.1 Å². The zero-order valence-electron chi connectivity index (χ0n) is 14.2. The summed E-state index contributed by atoms with van der Waals surface area (Å²) in [6.07, 6.45) is 0. The second-order valence-corrected chi connectivity index (χ2v) is 6.83. The average Bonchev–Trinajstić information content (AvgIpc) is 2.97. The minimum atomic E-state index is -0.160. The highest BCUT2D eigenvalue weighted by Crippen LogP contribution is 2.14. The first kappa shape index (κ1) is 17.4. The van der Waals surface area contributed by atoms with E-state index in [1.54, 1.807) is 0 Å². The number of thioether (sulfide) groups is 1. The molecular weight excluding hydrogens is 332 g/mol. The number of hydrogen-bond donors (Lipinski definition) is 2. The second-order valence-electron chi connectivity index (χ2n) is 5.72. The predicted molar refractivity (Wildman–Crippen MR) is 104 cm³/mol. The summed E-state index contributed by atoms with van der Waals surface area (Å²) < 4.78 is 2.01. The smallest absolute Gasteiger partial charge is 0.315 e. The third-order valence-corrected chi connectivity index (χ3v) is 4.96. The van der Waals surface area contributed by atoms with Crippen molar-refractivity contribution >= 4 is 28.8 Å². The number of aryl methyl sites for hydroxylation is 1. The van der Waals surface area contributed by atoms with Crippen LogP contribution in [-0.4, -0.2) is 27.9 Å². The molecule has 0 fully saturated rings. The van der Waals surface area contributed by atoms with Crippen LogP contribution in [0.5, 0.6) is 0 Å². The molecule has 6 heteroatoms. The number of amides is 2. The highest BCUT2D eigenvalue weighted by Gasteiger charge is 2.08. The maximum atomic E-state index is 11.9. The summed E-state index contributed by atoms with van der Waals surface area (Å²) in [7, 11) is 1.96. The molecule has 130 valence electrons. The van der Waals surface area contributed by atoms with Crippen LogP contribution in [-0.2, 0) is 19.3 Å². The Morgan fingerprint density at radius 1 is 1.08 bits per heavy atom. The van der Waals surface area contributed by atoms with Crippen LogP contribution >= 0.6 is 11.8 Å². The Balaban J connectivity index is 1.37. The van der Waals surface area contributed by atoms with Gasteiger partial charge in [0.05, 0.1) is 17.6 Å². The van der Waals surface area contributed by atoms with Crippen molar-refractivity contribution in [2.45, 2.75) is 12.3 Å². The van der Waals surface area contributed by atoms with Gasteiger partial charge in [-0.05, 0) is 17.7 Å². The fourth-order valence-corrected chi connectivity index (χ4v) is 3.40. The number of imidazole rings is 1. The van der Waals surface area contributed by atoms with Gasteiger partial charge in [-0.15, -0.1) is 0 Å². The van der Waals surface area contributed by atoms with Crippen molar-refractivity contribution in [2.75, 3.05) is 12.3 Å². The molecule has 5 nitrogen and oxygen atoms in total. The third-order valence-electron chi connectivity index (χ3n) is 3.93. The molecule has 25 heavy (non-hydrogen) atoms. The van der Waals surface area contributed by atoms with E-state index in [2.05, 4.69) is 27.8 Å². The van der Waals surface area contributed by atoms with Crippen molar-refractivity contribution in [3.63, 3.8) is 0 Å². The van der Waals surface area contributed by atoms with Crippen LogP contribution in [0.3, 0.4) is 0 Å². The van der Waals surface area contributed by atoms with Crippen LogP contribution in [0, 0.1) is 0 Å². The Hall–Kier alpha value is -2.47. The van der Waals surface area contributed by atoms with Gasteiger partial charge in [0.1, 0.15) is 5.82 Å². The number of fused-ring (bicyclic) bond motifs is 1. The molecule has 0 aliphatic carbocycles. The maximum Gasteiger partial charge on any atom is 0.315 e. The largest absolute Gasteiger partial charge is 0.337 e. The lowest BCUT2D eigenvalue weighted by molar-refractivity contribution is 0.241. The highest BCUT2D eigenvalue weighted by molar-refractivity contribution is 7.98. The summed E-state index contributed by atoms with van der Waals surface area (Å²) in [6, 6.07) is 18.1. The van der Waals surface area contributed by atoms with Gasteiger partial charge in [-0.3, -0.25) is 0 Å². The number of rotatable bonds is 7. The minimum Gasteiger partial charge on any atom is -0.337 e. The predicted octanol–water partition coefficient (Wildman–Crippen LogP) is 3.31. The molecule has 0 saturated carbocycles. The molecule has 2 amide bonds. The van der Waals surface area contributed by atoms with Crippen molar-refractivity contribution in [3.8, 4) is 0 Å². The molecule has 0 aliphatic heterocycles. The van der Waals surface area contributed by atoms with Gasteiger partial charge in [-0.1, -0.05) is 42.5 Å². The van der Waals surface area contributed by atoms with E-state index < -0.39 is 0 Å². The molecule has 2 aromatic carbocycles. The Morgan fingerprint density at radius 2 is 1.84 bits per heavy atom. The fourth-order valence-electron chi connectivity index (χ4n) is 2.58. The summed E-state index contributed by atoms with van der Waals surface area (Å²) in [6.45, 7) is 1.06. The van der Waals surface area contributed by atoms with Crippen molar-refractivity contribution in [1.82, 2.24) is 20.2 Å². The Morgan fingerprint density at radius 3 is 2.64 bits per heavy atom. The molecule has 1 heterocycles. The van der Waals surface area contributed by atoms with Crippen LogP contribution in [0.25, 0.3) is 11.0 Å². The molecule has 0 atom stereocenters.